The quantitative estimate of drug-likeness (QED) is 0.766. The van der Waals surface area contributed by atoms with Gasteiger partial charge in [-0.3, -0.25) is 14.6 Å². The van der Waals surface area contributed by atoms with E-state index in [1.54, 1.807) is 6.92 Å². The van der Waals surface area contributed by atoms with Gasteiger partial charge in [-0.05, 0) is 39.8 Å². The highest BCUT2D eigenvalue weighted by molar-refractivity contribution is 5.78. The third-order valence-electron chi connectivity index (χ3n) is 4.62. The van der Waals surface area contributed by atoms with Crippen molar-refractivity contribution in [3.63, 3.8) is 0 Å². The molecule has 2 heterocycles. The number of nitrogens with zero attached hydrogens (tertiary/aromatic N) is 2. The fourth-order valence-corrected chi connectivity index (χ4v) is 3.46. The molecule has 0 radical (unpaired) electrons. The van der Waals surface area contributed by atoms with Crippen LogP contribution in [0.4, 0.5) is 0 Å². The maximum Gasteiger partial charge on any atom is 0.324 e. The average molecular weight is 269 g/mol. The van der Waals surface area contributed by atoms with Crippen LogP contribution < -0.4 is 5.32 Å². The number of hydrogen-bond acceptors (Lipinski definition) is 4. The van der Waals surface area contributed by atoms with Gasteiger partial charge in [0.25, 0.3) is 0 Å². The van der Waals surface area contributed by atoms with Gasteiger partial charge >= 0.3 is 5.97 Å². The third kappa shape index (κ3) is 3.09. The molecule has 2 N–H and O–H groups in total. The fourth-order valence-electron chi connectivity index (χ4n) is 3.46. The van der Waals surface area contributed by atoms with Gasteiger partial charge in [0.1, 0.15) is 5.54 Å². The number of rotatable bonds is 5. The summed E-state index contributed by atoms with van der Waals surface area (Å²) >= 11 is 0. The zero-order valence-corrected chi connectivity index (χ0v) is 12.4. The molecule has 110 valence electrons. The van der Waals surface area contributed by atoms with Gasteiger partial charge in [0.05, 0.1) is 0 Å². The molecule has 0 saturated carbocycles. The Hall–Kier alpha value is -0.650. The first kappa shape index (κ1) is 14.8. The van der Waals surface area contributed by atoms with Crippen molar-refractivity contribution < 1.29 is 9.90 Å². The van der Waals surface area contributed by atoms with Crippen molar-refractivity contribution in [2.24, 2.45) is 0 Å². The molecule has 2 saturated heterocycles. The van der Waals surface area contributed by atoms with Crippen LogP contribution in [0.5, 0.6) is 0 Å². The third-order valence-corrected chi connectivity index (χ3v) is 4.62. The minimum atomic E-state index is -0.843. The minimum Gasteiger partial charge on any atom is -0.480 e. The lowest BCUT2D eigenvalue weighted by Crippen LogP contribution is -2.63. The Morgan fingerprint density at radius 1 is 1.47 bits per heavy atom. The predicted molar refractivity (Wildman–Crippen MR) is 75.3 cm³/mol. The Morgan fingerprint density at radius 3 is 2.84 bits per heavy atom. The highest BCUT2D eigenvalue weighted by Crippen LogP contribution is 2.25. The summed E-state index contributed by atoms with van der Waals surface area (Å²) in [5.41, 5.74) is -0.843. The molecule has 0 aliphatic carbocycles. The molecule has 0 aromatic heterocycles. The Labute approximate surface area is 115 Å². The molecule has 2 aliphatic rings. The van der Waals surface area contributed by atoms with Gasteiger partial charge in [0.2, 0.25) is 0 Å². The first-order valence-electron chi connectivity index (χ1n) is 7.43. The van der Waals surface area contributed by atoms with E-state index in [4.69, 9.17) is 0 Å². The normalized spacial score (nSPS) is 31.9. The SMILES string of the molecule is CCNC(C)(CN1CC2CCCN2CC1C)C(=O)O. The number of nitrogens with one attached hydrogen (secondary N) is 1. The summed E-state index contributed by atoms with van der Waals surface area (Å²) in [6.45, 7) is 10.5. The van der Waals surface area contributed by atoms with E-state index in [1.807, 2.05) is 6.92 Å². The summed E-state index contributed by atoms with van der Waals surface area (Å²) in [5.74, 6) is -0.754. The molecule has 0 amide bonds. The van der Waals surface area contributed by atoms with Crippen LogP contribution in [0.3, 0.4) is 0 Å². The van der Waals surface area contributed by atoms with E-state index in [-0.39, 0.29) is 0 Å². The van der Waals surface area contributed by atoms with Crippen LogP contribution in [0.15, 0.2) is 0 Å². The Balaban J connectivity index is 2.02. The predicted octanol–water partition coefficient (Wildman–Crippen LogP) is 0.608. The van der Waals surface area contributed by atoms with Crippen LogP contribution in [0.1, 0.15) is 33.6 Å². The molecule has 0 aromatic carbocycles. The van der Waals surface area contributed by atoms with Crippen LogP contribution in [0, 0.1) is 0 Å². The highest BCUT2D eigenvalue weighted by atomic mass is 16.4. The van der Waals surface area contributed by atoms with Crippen molar-refractivity contribution in [2.45, 2.75) is 51.2 Å². The van der Waals surface area contributed by atoms with Crippen molar-refractivity contribution >= 4 is 5.97 Å². The molecule has 0 spiro atoms. The molecule has 5 heteroatoms. The van der Waals surface area contributed by atoms with Crippen molar-refractivity contribution in [3.05, 3.63) is 0 Å². The van der Waals surface area contributed by atoms with Gasteiger partial charge in [-0.25, -0.2) is 0 Å². The number of carboxylic acid groups (broad SMARTS) is 1. The van der Waals surface area contributed by atoms with Gasteiger partial charge in [-0.2, -0.15) is 0 Å². The van der Waals surface area contributed by atoms with Crippen LogP contribution in [-0.2, 0) is 4.79 Å². The second kappa shape index (κ2) is 5.77. The van der Waals surface area contributed by atoms with Gasteiger partial charge in [0, 0.05) is 31.7 Å². The van der Waals surface area contributed by atoms with E-state index in [2.05, 4.69) is 22.0 Å². The summed E-state index contributed by atoms with van der Waals surface area (Å²) < 4.78 is 0. The van der Waals surface area contributed by atoms with Crippen molar-refractivity contribution in [1.82, 2.24) is 15.1 Å². The largest absolute Gasteiger partial charge is 0.480 e. The summed E-state index contributed by atoms with van der Waals surface area (Å²) in [4.78, 5) is 16.4. The summed E-state index contributed by atoms with van der Waals surface area (Å²) in [5, 5.41) is 12.6. The van der Waals surface area contributed by atoms with E-state index >= 15 is 0 Å². The second-order valence-corrected chi connectivity index (χ2v) is 6.24. The van der Waals surface area contributed by atoms with E-state index < -0.39 is 11.5 Å². The molecule has 2 aliphatic heterocycles. The Morgan fingerprint density at radius 2 is 2.21 bits per heavy atom. The van der Waals surface area contributed by atoms with Crippen LogP contribution in [0.2, 0.25) is 0 Å². The summed E-state index contributed by atoms with van der Waals surface area (Å²) in [7, 11) is 0. The first-order valence-corrected chi connectivity index (χ1v) is 7.43. The first-order chi connectivity index (χ1) is 8.96. The van der Waals surface area contributed by atoms with Crippen LogP contribution >= 0.6 is 0 Å². The zero-order chi connectivity index (χ0) is 14.0. The second-order valence-electron chi connectivity index (χ2n) is 6.24. The fraction of sp³-hybridized carbons (Fsp3) is 0.929. The number of aliphatic carboxylic acids is 1. The van der Waals surface area contributed by atoms with Crippen LogP contribution in [-0.4, -0.2) is 71.2 Å². The lowest BCUT2D eigenvalue weighted by Gasteiger charge is -2.45. The number of carbonyl (C=O) groups is 1. The number of carboxylic acids is 1. The highest BCUT2D eigenvalue weighted by Gasteiger charge is 2.40. The zero-order valence-electron chi connectivity index (χ0n) is 12.4. The Bertz CT molecular complexity index is 337. The molecular formula is C14H27N3O2. The maximum atomic E-state index is 11.5. The molecule has 5 nitrogen and oxygen atoms in total. The summed E-state index contributed by atoms with van der Waals surface area (Å²) in [6.07, 6.45) is 2.54. The molecule has 2 fully saturated rings. The molecule has 3 atom stereocenters. The van der Waals surface area contributed by atoms with Gasteiger partial charge in [-0.1, -0.05) is 6.92 Å². The molecule has 0 bridgehead atoms. The molecule has 3 unspecified atom stereocenters. The van der Waals surface area contributed by atoms with Crippen LogP contribution in [0.25, 0.3) is 0 Å². The topological polar surface area (TPSA) is 55.8 Å². The van der Waals surface area contributed by atoms with E-state index in [9.17, 15) is 9.90 Å². The van der Waals surface area contributed by atoms with Crippen molar-refractivity contribution in [3.8, 4) is 0 Å². The van der Waals surface area contributed by atoms with E-state index in [0.29, 0.717) is 25.2 Å². The average Bonchev–Trinajstić information content (AvgIpc) is 2.76. The number of likely N-dealkylation sites (N-methyl/N-ethyl adjacent to an activating group) is 1. The van der Waals surface area contributed by atoms with Crippen molar-refractivity contribution in [2.75, 3.05) is 32.7 Å². The van der Waals surface area contributed by atoms with Gasteiger partial charge < -0.3 is 10.4 Å². The maximum absolute atomic E-state index is 11.5. The minimum absolute atomic E-state index is 0.437. The monoisotopic (exact) mass is 269 g/mol. The number of fused-ring (bicyclic) bond motifs is 1. The van der Waals surface area contributed by atoms with E-state index in [0.717, 1.165) is 13.1 Å². The van der Waals surface area contributed by atoms with Crippen molar-refractivity contribution in [1.29, 1.82) is 0 Å². The molecular weight excluding hydrogens is 242 g/mol. The molecule has 19 heavy (non-hydrogen) atoms. The Kier molecular flexibility index (Phi) is 4.48. The lowest BCUT2D eigenvalue weighted by atomic mass is 9.98. The van der Waals surface area contributed by atoms with Gasteiger partial charge in [-0.15, -0.1) is 0 Å². The molecule has 2 rings (SSSR count). The van der Waals surface area contributed by atoms with Gasteiger partial charge in [0.15, 0.2) is 0 Å². The number of piperazine rings is 1. The standard InChI is InChI=1S/C14H27N3O2/c1-4-15-14(3,13(18)19)10-17-9-12-6-5-7-16(12)8-11(17)2/h11-12,15H,4-10H2,1-3H3,(H,18,19). The summed E-state index contributed by atoms with van der Waals surface area (Å²) in [6, 6.07) is 1.07. The lowest BCUT2D eigenvalue weighted by molar-refractivity contribution is -0.145. The number of hydrogen-bond donors (Lipinski definition) is 2. The molecule has 0 aromatic rings. The smallest absolute Gasteiger partial charge is 0.324 e. The van der Waals surface area contributed by atoms with E-state index in [1.165, 1.54) is 19.4 Å².